The molecule has 58 valence electrons. The van der Waals surface area contributed by atoms with Crippen molar-refractivity contribution in [1.82, 2.24) is 0 Å². The van der Waals surface area contributed by atoms with Gasteiger partial charge in [0, 0.05) is 5.92 Å². The van der Waals surface area contributed by atoms with E-state index < -0.39 is 0 Å². The Kier molecular flexibility index (Phi) is 2.50. The summed E-state index contributed by atoms with van der Waals surface area (Å²) in [6.07, 6.45) is 2.88. The summed E-state index contributed by atoms with van der Waals surface area (Å²) >= 11 is 0. The van der Waals surface area contributed by atoms with Gasteiger partial charge in [-0.15, -0.1) is 0 Å². The van der Waals surface area contributed by atoms with Crippen molar-refractivity contribution in [2.75, 3.05) is 6.61 Å². The highest BCUT2D eigenvalue weighted by molar-refractivity contribution is 5.07. The molecule has 0 aromatic heterocycles. The van der Waals surface area contributed by atoms with Crippen LogP contribution in [0.5, 0.6) is 0 Å². The zero-order valence-corrected chi connectivity index (χ0v) is 6.89. The second kappa shape index (κ2) is 3.20. The summed E-state index contributed by atoms with van der Waals surface area (Å²) in [5.74, 6) is 0.630. The van der Waals surface area contributed by atoms with E-state index in [2.05, 4.69) is 20.4 Å². The van der Waals surface area contributed by atoms with E-state index in [4.69, 9.17) is 4.74 Å². The predicted molar refractivity (Wildman–Crippen MR) is 43.0 cm³/mol. The molecular weight excluding hydrogens is 124 g/mol. The fourth-order valence-corrected chi connectivity index (χ4v) is 1.54. The smallest absolute Gasteiger partial charge is 0.0681 e. The first-order chi connectivity index (χ1) is 4.75. The highest BCUT2D eigenvalue weighted by Gasteiger charge is 2.26. The molecule has 1 aliphatic rings. The van der Waals surface area contributed by atoms with Crippen LogP contribution in [-0.2, 0) is 4.74 Å². The minimum absolute atomic E-state index is 0.410. The summed E-state index contributed by atoms with van der Waals surface area (Å²) in [5, 5.41) is 0. The standard InChI is InChI=1S/C9H16O/c1-4-5-9-7(2)6-10-8(9)3/h8-9H,2,4-6H2,1,3H3. The van der Waals surface area contributed by atoms with Crippen molar-refractivity contribution in [3.05, 3.63) is 12.2 Å². The zero-order valence-electron chi connectivity index (χ0n) is 6.89. The first-order valence-electron chi connectivity index (χ1n) is 4.05. The molecule has 0 N–H and O–H groups in total. The molecule has 1 saturated heterocycles. The topological polar surface area (TPSA) is 9.23 Å². The van der Waals surface area contributed by atoms with E-state index in [1.807, 2.05) is 0 Å². The van der Waals surface area contributed by atoms with Crippen molar-refractivity contribution in [3.63, 3.8) is 0 Å². The van der Waals surface area contributed by atoms with Crippen molar-refractivity contribution in [2.24, 2.45) is 5.92 Å². The molecule has 0 spiro atoms. The van der Waals surface area contributed by atoms with Gasteiger partial charge in [-0.2, -0.15) is 0 Å². The molecule has 0 saturated carbocycles. The van der Waals surface area contributed by atoms with Crippen LogP contribution in [0.4, 0.5) is 0 Å². The Hall–Kier alpha value is -0.300. The molecule has 1 nitrogen and oxygen atoms in total. The number of hydrogen-bond donors (Lipinski definition) is 0. The normalized spacial score (nSPS) is 33.2. The van der Waals surface area contributed by atoms with Crippen LogP contribution in [-0.4, -0.2) is 12.7 Å². The largest absolute Gasteiger partial charge is 0.374 e. The number of ether oxygens (including phenoxy) is 1. The maximum Gasteiger partial charge on any atom is 0.0681 e. The average Bonchev–Trinajstić information content (AvgIpc) is 2.20. The second-order valence-electron chi connectivity index (χ2n) is 3.07. The SMILES string of the molecule is C=C1COC(C)C1CCC. The van der Waals surface area contributed by atoms with Crippen LogP contribution in [0.3, 0.4) is 0 Å². The van der Waals surface area contributed by atoms with Gasteiger partial charge >= 0.3 is 0 Å². The third-order valence-electron chi connectivity index (χ3n) is 2.22. The van der Waals surface area contributed by atoms with Gasteiger partial charge in [-0.05, 0) is 18.9 Å². The Labute approximate surface area is 63.1 Å². The highest BCUT2D eigenvalue weighted by atomic mass is 16.5. The van der Waals surface area contributed by atoms with Gasteiger partial charge in [0.05, 0.1) is 12.7 Å². The lowest BCUT2D eigenvalue weighted by atomic mass is 9.94. The van der Waals surface area contributed by atoms with Crippen LogP contribution >= 0.6 is 0 Å². The molecule has 0 radical (unpaired) electrons. The second-order valence-corrected chi connectivity index (χ2v) is 3.07. The van der Waals surface area contributed by atoms with E-state index in [1.165, 1.54) is 18.4 Å². The maximum absolute atomic E-state index is 5.43. The molecule has 0 amide bonds. The molecule has 1 rings (SSSR count). The first-order valence-corrected chi connectivity index (χ1v) is 4.05. The van der Waals surface area contributed by atoms with Crippen LogP contribution in [0.2, 0.25) is 0 Å². The predicted octanol–water partition coefficient (Wildman–Crippen LogP) is 2.38. The van der Waals surface area contributed by atoms with Crippen molar-refractivity contribution in [2.45, 2.75) is 32.8 Å². The molecule has 0 aromatic carbocycles. The van der Waals surface area contributed by atoms with Crippen molar-refractivity contribution >= 4 is 0 Å². The summed E-state index contributed by atoms with van der Waals surface area (Å²) in [6, 6.07) is 0. The quantitative estimate of drug-likeness (QED) is 0.535. The first kappa shape index (κ1) is 7.80. The molecule has 0 aliphatic carbocycles. The van der Waals surface area contributed by atoms with Gasteiger partial charge in [0.25, 0.3) is 0 Å². The van der Waals surface area contributed by atoms with Crippen LogP contribution in [0, 0.1) is 5.92 Å². The Morgan fingerprint density at radius 3 is 2.80 bits per heavy atom. The van der Waals surface area contributed by atoms with Crippen LogP contribution in [0.15, 0.2) is 12.2 Å². The minimum atomic E-state index is 0.410. The third kappa shape index (κ3) is 1.40. The highest BCUT2D eigenvalue weighted by Crippen LogP contribution is 2.28. The Morgan fingerprint density at radius 1 is 1.70 bits per heavy atom. The zero-order chi connectivity index (χ0) is 7.56. The van der Waals surface area contributed by atoms with E-state index in [0.717, 1.165) is 6.61 Å². The van der Waals surface area contributed by atoms with E-state index in [9.17, 15) is 0 Å². The monoisotopic (exact) mass is 140 g/mol. The lowest BCUT2D eigenvalue weighted by Crippen LogP contribution is -2.11. The lowest BCUT2D eigenvalue weighted by Gasteiger charge is -2.12. The molecule has 0 aromatic rings. The molecular formula is C9H16O. The van der Waals surface area contributed by atoms with Crippen molar-refractivity contribution < 1.29 is 4.74 Å². The molecule has 1 aliphatic heterocycles. The summed E-state index contributed by atoms with van der Waals surface area (Å²) in [7, 11) is 0. The fourth-order valence-electron chi connectivity index (χ4n) is 1.54. The van der Waals surface area contributed by atoms with Crippen molar-refractivity contribution in [3.8, 4) is 0 Å². The lowest BCUT2D eigenvalue weighted by molar-refractivity contribution is 0.104. The van der Waals surface area contributed by atoms with Gasteiger partial charge < -0.3 is 4.74 Å². The molecule has 2 atom stereocenters. The molecule has 10 heavy (non-hydrogen) atoms. The van der Waals surface area contributed by atoms with E-state index in [1.54, 1.807) is 0 Å². The van der Waals surface area contributed by atoms with Crippen LogP contribution < -0.4 is 0 Å². The minimum Gasteiger partial charge on any atom is -0.374 e. The van der Waals surface area contributed by atoms with Gasteiger partial charge in [-0.25, -0.2) is 0 Å². The van der Waals surface area contributed by atoms with Gasteiger partial charge in [-0.3, -0.25) is 0 Å². The van der Waals surface area contributed by atoms with Crippen LogP contribution in [0.25, 0.3) is 0 Å². The molecule has 1 heterocycles. The molecule has 2 unspecified atom stereocenters. The number of hydrogen-bond acceptors (Lipinski definition) is 1. The van der Waals surface area contributed by atoms with E-state index in [-0.39, 0.29) is 0 Å². The van der Waals surface area contributed by atoms with Gasteiger partial charge in [-0.1, -0.05) is 19.9 Å². The van der Waals surface area contributed by atoms with Gasteiger partial charge in [0.2, 0.25) is 0 Å². The van der Waals surface area contributed by atoms with E-state index >= 15 is 0 Å². The Bertz CT molecular complexity index is 129. The molecule has 1 fully saturated rings. The summed E-state index contributed by atoms with van der Waals surface area (Å²) in [4.78, 5) is 0. The summed E-state index contributed by atoms with van der Waals surface area (Å²) < 4.78 is 5.43. The Balaban J connectivity index is 2.46. The van der Waals surface area contributed by atoms with Crippen LogP contribution in [0.1, 0.15) is 26.7 Å². The molecule has 0 bridgehead atoms. The molecule has 1 heteroatoms. The fraction of sp³-hybridized carbons (Fsp3) is 0.778. The Morgan fingerprint density at radius 2 is 2.40 bits per heavy atom. The van der Waals surface area contributed by atoms with Crippen molar-refractivity contribution in [1.29, 1.82) is 0 Å². The van der Waals surface area contributed by atoms with Gasteiger partial charge in [0.1, 0.15) is 0 Å². The number of rotatable bonds is 2. The van der Waals surface area contributed by atoms with Gasteiger partial charge in [0.15, 0.2) is 0 Å². The van der Waals surface area contributed by atoms with E-state index in [0.29, 0.717) is 12.0 Å². The summed E-state index contributed by atoms with van der Waals surface area (Å²) in [5.41, 5.74) is 1.29. The summed E-state index contributed by atoms with van der Waals surface area (Å²) in [6.45, 7) is 9.11. The average molecular weight is 140 g/mol. The third-order valence-corrected chi connectivity index (χ3v) is 2.22. The maximum atomic E-state index is 5.43.